The average Bonchev–Trinajstić information content (AvgIpc) is 3.33. The van der Waals surface area contributed by atoms with Crippen LogP contribution in [0.5, 0.6) is 0 Å². The maximum atomic E-state index is 14.1. The predicted octanol–water partition coefficient (Wildman–Crippen LogP) is 4.58. The standard InChI is InChI=1S/C30H30N2O5S/c1-18(33)31-21-12-14-22(15-13-21)38(36,37)32-17-25(19-7-3-2-4-8-19)27-28(32)24-16-11-20-9-5-6-10-23(20)26(24)29(34)30(27)35/h2-4,7-8,11-15,17,23-24,26-28H,5-6,9-10,16H2,1H3,(H,31,33). The fourth-order valence-electron chi connectivity index (χ4n) is 7.02. The minimum atomic E-state index is -4.06. The summed E-state index contributed by atoms with van der Waals surface area (Å²) < 4.78 is 29.6. The van der Waals surface area contributed by atoms with E-state index in [9.17, 15) is 22.8 Å². The number of hydrogen-bond donors (Lipinski definition) is 1. The predicted molar refractivity (Wildman–Crippen MR) is 143 cm³/mol. The van der Waals surface area contributed by atoms with E-state index >= 15 is 0 Å². The highest BCUT2D eigenvalue weighted by atomic mass is 32.2. The molecule has 1 aliphatic heterocycles. The van der Waals surface area contributed by atoms with Gasteiger partial charge in [0.2, 0.25) is 17.5 Å². The van der Waals surface area contributed by atoms with Crippen LogP contribution in [0.2, 0.25) is 0 Å². The molecule has 1 N–H and O–H groups in total. The Balaban J connectivity index is 1.46. The van der Waals surface area contributed by atoms with Crippen LogP contribution in [0.15, 0.2) is 77.3 Å². The van der Waals surface area contributed by atoms with Gasteiger partial charge in [-0.05, 0) is 72.9 Å². The van der Waals surface area contributed by atoms with Crippen LogP contribution in [-0.2, 0) is 24.4 Å². The number of rotatable bonds is 4. The molecule has 7 nitrogen and oxygen atoms in total. The van der Waals surface area contributed by atoms with Gasteiger partial charge in [-0.25, -0.2) is 8.42 Å². The zero-order chi connectivity index (χ0) is 26.6. The first kappa shape index (κ1) is 24.8. The summed E-state index contributed by atoms with van der Waals surface area (Å²) in [6.45, 7) is 1.39. The Morgan fingerprint density at radius 3 is 2.42 bits per heavy atom. The Labute approximate surface area is 222 Å². The molecule has 0 bridgehead atoms. The van der Waals surface area contributed by atoms with Gasteiger partial charge in [0.05, 0.1) is 16.9 Å². The third-order valence-corrected chi connectivity index (χ3v) is 10.4. The van der Waals surface area contributed by atoms with Crippen molar-refractivity contribution in [3.63, 3.8) is 0 Å². The van der Waals surface area contributed by atoms with E-state index in [2.05, 4.69) is 11.4 Å². The number of hydrogen-bond acceptors (Lipinski definition) is 5. The molecule has 2 aromatic carbocycles. The lowest BCUT2D eigenvalue weighted by atomic mass is 9.57. The van der Waals surface area contributed by atoms with Gasteiger partial charge in [-0.1, -0.05) is 48.4 Å². The Morgan fingerprint density at radius 1 is 0.974 bits per heavy atom. The number of Topliss-reactive ketones (excluding diaryl/α,β-unsaturated/α-hetero) is 2. The van der Waals surface area contributed by atoms with Crippen LogP contribution in [0.1, 0.15) is 44.6 Å². The molecule has 0 aromatic heterocycles. The number of nitrogens with one attached hydrogen (secondary N) is 1. The molecule has 2 aromatic rings. The first-order chi connectivity index (χ1) is 18.3. The normalized spacial score (nSPS) is 28.6. The van der Waals surface area contributed by atoms with Gasteiger partial charge in [0, 0.05) is 24.7 Å². The summed E-state index contributed by atoms with van der Waals surface area (Å²) in [5, 5.41) is 2.65. The van der Waals surface area contributed by atoms with E-state index in [4.69, 9.17) is 0 Å². The number of sulfonamides is 1. The second-order valence-electron chi connectivity index (χ2n) is 10.7. The third-order valence-electron chi connectivity index (χ3n) is 8.61. The molecule has 4 aliphatic rings. The van der Waals surface area contributed by atoms with Crippen LogP contribution in [0, 0.1) is 23.7 Å². The van der Waals surface area contributed by atoms with Gasteiger partial charge >= 0.3 is 0 Å². The number of anilines is 1. The summed E-state index contributed by atoms with van der Waals surface area (Å²) in [6.07, 6.45) is 8.27. The van der Waals surface area contributed by atoms with Gasteiger partial charge in [0.25, 0.3) is 10.0 Å². The number of fused-ring (bicyclic) bond motifs is 5. The first-order valence-corrected chi connectivity index (χ1v) is 14.7. The lowest BCUT2D eigenvalue weighted by Crippen LogP contribution is -2.57. The largest absolute Gasteiger partial charge is 0.326 e. The number of nitrogens with zero attached hydrogens (tertiary/aromatic N) is 1. The molecule has 0 saturated heterocycles. The van der Waals surface area contributed by atoms with E-state index in [0.717, 1.165) is 31.2 Å². The topological polar surface area (TPSA) is 101 Å². The molecular formula is C30H30N2O5S. The van der Waals surface area contributed by atoms with E-state index in [-0.39, 0.29) is 28.4 Å². The van der Waals surface area contributed by atoms with Gasteiger partial charge in [-0.15, -0.1) is 0 Å². The van der Waals surface area contributed by atoms with Crippen LogP contribution in [0.4, 0.5) is 5.69 Å². The van der Waals surface area contributed by atoms with E-state index in [1.165, 1.54) is 28.9 Å². The minimum Gasteiger partial charge on any atom is -0.326 e. The average molecular weight is 531 g/mol. The fraction of sp³-hybridized carbons (Fsp3) is 0.367. The zero-order valence-electron chi connectivity index (χ0n) is 21.2. The van der Waals surface area contributed by atoms with E-state index < -0.39 is 33.7 Å². The Morgan fingerprint density at radius 2 is 1.71 bits per heavy atom. The lowest BCUT2D eigenvalue weighted by Gasteiger charge is -2.48. The van der Waals surface area contributed by atoms with Crippen molar-refractivity contribution >= 4 is 38.8 Å². The van der Waals surface area contributed by atoms with Crippen molar-refractivity contribution in [2.24, 2.45) is 23.7 Å². The maximum Gasteiger partial charge on any atom is 0.264 e. The van der Waals surface area contributed by atoms with Crippen molar-refractivity contribution in [1.82, 2.24) is 4.31 Å². The summed E-state index contributed by atoms with van der Waals surface area (Å²) in [7, 11) is -4.06. The van der Waals surface area contributed by atoms with Crippen molar-refractivity contribution in [3.8, 4) is 0 Å². The Bertz CT molecular complexity index is 1480. The number of ketones is 2. The second-order valence-corrected chi connectivity index (χ2v) is 12.6. The molecule has 3 aliphatic carbocycles. The molecule has 5 atom stereocenters. The Kier molecular flexibility index (Phi) is 6.10. The summed E-state index contributed by atoms with van der Waals surface area (Å²) in [5.41, 5.74) is 3.07. The van der Waals surface area contributed by atoms with Gasteiger partial charge in [0.1, 0.15) is 0 Å². The van der Waals surface area contributed by atoms with Crippen LogP contribution >= 0.6 is 0 Å². The maximum absolute atomic E-state index is 14.1. The number of carbonyl (C=O) groups excluding carboxylic acids is 3. The van der Waals surface area contributed by atoms with Crippen LogP contribution in [0.25, 0.3) is 5.57 Å². The van der Waals surface area contributed by atoms with E-state index in [1.807, 2.05) is 30.3 Å². The first-order valence-electron chi connectivity index (χ1n) is 13.2. The molecule has 38 heavy (non-hydrogen) atoms. The van der Waals surface area contributed by atoms with Crippen LogP contribution in [0.3, 0.4) is 0 Å². The summed E-state index contributed by atoms with van der Waals surface area (Å²) in [5.74, 6) is -2.63. The highest BCUT2D eigenvalue weighted by Gasteiger charge is 2.59. The van der Waals surface area contributed by atoms with Crippen LogP contribution < -0.4 is 5.32 Å². The van der Waals surface area contributed by atoms with Crippen molar-refractivity contribution in [3.05, 3.63) is 78.0 Å². The van der Waals surface area contributed by atoms with Gasteiger partial charge < -0.3 is 5.32 Å². The molecule has 6 rings (SSSR count). The molecular weight excluding hydrogens is 500 g/mol. The highest BCUT2D eigenvalue weighted by molar-refractivity contribution is 7.89. The van der Waals surface area contributed by atoms with Gasteiger partial charge in [-0.3, -0.25) is 18.7 Å². The molecule has 0 radical (unpaired) electrons. The van der Waals surface area contributed by atoms with E-state index in [1.54, 1.807) is 18.3 Å². The zero-order valence-corrected chi connectivity index (χ0v) is 22.0. The molecule has 5 unspecified atom stereocenters. The van der Waals surface area contributed by atoms with Crippen molar-refractivity contribution in [1.29, 1.82) is 0 Å². The Hall–Kier alpha value is -3.52. The van der Waals surface area contributed by atoms with Crippen LogP contribution in [-0.4, -0.2) is 36.2 Å². The van der Waals surface area contributed by atoms with Gasteiger partial charge in [-0.2, -0.15) is 0 Å². The molecule has 2 saturated carbocycles. The summed E-state index contributed by atoms with van der Waals surface area (Å²) in [6, 6.07) is 14.6. The second kappa shape index (κ2) is 9.34. The van der Waals surface area contributed by atoms with Crippen molar-refractivity contribution < 1.29 is 22.8 Å². The minimum absolute atomic E-state index is 0.0159. The third kappa shape index (κ3) is 3.93. The number of carbonyl (C=O) groups is 3. The molecule has 196 valence electrons. The molecule has 2 fully saturated rings. The van der Waals surface area contributed by atoms with Crippen molar-refractivity contribution in [2.75, 3.05) is 5.32 Å². The fourth-order valence-corrected chi connectivity index (χ4v) is 8.60. The smallest absolute Gasteiger partial charge is 0.264 e. The number of allylic oxidation sites excluding steroid dienone is 2. The molecule has 1 amide bonds. The lowest BCUT2D eigenvalue weighted by molar-refractivity contribution is -0.148. The monoisotopic (exact) mass is 530 g/mol. The molecule has 8 heteroatoms. The molecule has 0 spiro atoms. The summed E-state index contributed by atoms with van der Waals surface area (Å²) >= 11 is 0. The summed E-state index contributed by atoms with van der Waals surface area (Å²) in [4.78, 5) is 39.0. The number of benzene rings is 2. The van der Waals surface area contributed by atoms with Gasteiger partial charge in [0.15, 0.2) is 0 Å². The number of amides is 1. The van der Waals surface area contributed by atoms with Crippen molar-refractivity contribution in [2.45, 2.75) is 50.0 Å². The SMILES string of the molecule is CC(=O)Nc1ccc(S(=O)(=O)N2C=C(c3ccccc3)C3C(=O)C(=O)C4C5CCCCC5=CCC4C32)cc1. The molecule has 1 heterocycles. The van der Waals surface area contributed by atoms with E-state index in [0.29, 0.717) is 17.7 Å². The quantitative estimate of drug-likeness (QED) is 0.461. The highest BCUT2D eigenvalue weighted by Crippen LogP contribution is 2.54.